The number of carboxylic acid groups (broad SMARTS) is 1. The van der Waals surface area contributed by atoms with E-state index in [0.29, 0.717) is 0 Å². The van der Waals surface area contributed by atoms with Crippen LogP contribution in [0, 0.1) is 0 Å². The van der Waals surface area contributed by atoms with Crippen molar-refractivity contribution in [2.45, 2.75) is 31.7 Å². The number of halogens is 6. The number of carbonyl (C=O) groups excluding carboxylic acids is 1. The summed E-state index contributed by atoms with van der Waals surface area (Å²) in [5.41, 5.74) is -4.10. The standard InChI is InChI=1S/C13H11F6NO3/c1-6(2-10(21)22)20-11(23)7-3-8(12(14,15)16)5-9(4-7)13(17,18)19/h3-6H,2H2,1H3,(H,20,23)(H,21,22). The van der Waals surface area contributed by atoms with E-state index in [-0.39, 0.29) is 18.2 Å². The highest BCUT2D eigenvalue weighted by Crippen LogP contribution is 2.36. The first-order valence-electron chi connectivity index (χ1n) is 6.13. The van der Waals surface area contributed by atoms with Crippen molar-refractivity contribution < 1.29 is 41.0 Å². The average Bonchev–Trinajstić information content (AvgIpc) is 2.34. The summed E-state index contributed by atoms with van der Waals surface area (Å²) in [6, 6.07) is -0.517. The number of carbonyl (C=O) groups is 2. The van der Waals surface area contributed by atoms with Crippen LogP contribution in [0.25, 0.3) is 0 Å². The number of rotatable bonds is 4. The summed E-state index contributed by atoms with van der Waals surface area (Å²) in [6.07, 6.45) is -10.7. The number of benzene rings is 1. The maximum Gasteiger partial charge on any atom is 0.416 e. The fourth-order valence-electron chi connectivity index (χ4n) is 1.71. The van der Waals surface area contributed by atoms with Crippen molar-refractivity contribution >= 4 is 11.9 Å². The Morgan fingerprint density at radius 1 is 1.04 bits per heavy atom. The zero-order valence-corrected chi connectivity index (χ0v) is 11.5. The van der Waals surface area contributed by atoms with Gasteiger partial charge >= 0.3 is 18.3 Å². The summed E-state index contributed by atoms with van der Waals surface area (Å²) >= 11 is 0. The van der Waals surface area contributed by atoms with Gasteiger partial charge in [0.1, 0.15) is 0 Å². The molecule has 4 nitrogen and oxygen atoms in total. The lowest BCUT2D eigenvalue weighted by Crippen LogP contribution is -2.34. The Kier molecular flexibility index (Phi) is 5.28. The minimum atomic E-state index is -5.07. The zero-order valence-electron chi connectivity index (χ0n) is 11.5. The third-order valence-corrected chi connectivity index (χ3v) is 2.71. The molecule has 1 aromatic rings. The maximum atomic E-state index is 12.7. The van der Waals surface area contributed by atoms with Crippen LogP contribution < -0.4 is 5.32 Å². The number of nitrogens with one attached hydrogen (secondary N) is 1. The Labute approximate surface area is 126 Å². The molecule has 0 bridgehead atoms. The van der Waals surface area contributed by atoms with E-state index in [9.17, 15) is 35.9 Å². The molecule has 0 radical (unpaired) electrons. The van der Waals surface area contributed by atoms with Gasteiger partial charge in [-0.1, -0.05) is 0 Å². The zero-order chi connectivity index (χ0) is 18.0. The van der Waals surface area contributed by atoms with Gasteiger partial charge in [0, 0.05) is 11.6 Å². The molecule has 2 N–H and O–H groups in total. The SMILES string of the molecule is CC(CC(=O)O)NC(=O)c1cc(C(F)(F)F)cc(C(F)(F)F)c1. The normalized spacial score (nSPS) is 13.5. The fourth-order valence-corrected chi connectivity index (χ4v) is 1.71. The largest absolute Gasteiger partial charge is 0.481 e. The van der Waals surface area contributed by atoms with E-state index in [1.807, 2.05) is 5.32 Å². The molecule has 128 valence electrons. The second-order valence-electron chi connectivity index (χ2n) is 4.77. The van der Waals surface area contributed by atoms with Crippen LogP contribution in [0.3, 0.4) is 0 Å². The van der Waals surface area contributed by atoms with Crippen LogP contribution in [0.15, 0.2) is 18.2 Å². The van der Waals surface area contributed by atoms with E-state index < -0.39 is 53.4 Å². The Hall–Kier alpha value is -2.26. The number of amides is 1. The number of alkyl halides is 6. The molecule has 0 aliphatic heterocycles. The van der Waals surface area contributed by atoms with E-state index in [0.717, 1.165) is 0 Å². The number of hydrogen-bond acceptors (Lipinski definition) is 2. The third kappa shape index (κ3) is 5.46. The van der Waals surface area contributed by atoms with Gasteiger partial charge in [-0.2, -0.15) is 26.3 Å². The van der Waals surface area contributed by atoms with Crippen molar-refractivity contribution in [1.29, 1.82) is 0 Å². The topological polar surface area (TPSA) is 66.4 Å². The van der Waals surface area contributed by atoms with Crippen molar-refractivity contribution in [2.24, 2.45) is 0 Å². The minimum absolute atomic E-state index is 0.0997. The predicted molar refractivity (Wildman–Crippen MR) is 65.6 cm³/mol. The molecular formula is C13H11F6NO3. The highest BCUT2D eigenvalue weighted by Gasteiger charge is 2.37. The van der Waals surface area contributed by atoms with E-state index in [1.54, 1.807) is 0 Å². The first-order chi connectivity index (χ1) is 10.3. The van der Waals surface area contributed by atoms with Gasteiger partial charge in [-0.05, 0) is 25.1 Å². The molecule has 1 amide bonds. The van der Waals surface area contributed by atoms with Crippen LogP contribution in [0.1, 0.15) is 34.8 Å². The lowest BCUT2D eigenvalue weighted by Gasteiger charge is -2.16. The first-order valence-corrected chi connectivity index (χ1v) is 6.13. The third-order valence-electron chi connectivity index (χ3n) is 2.71. The van der Waals surface area contributed by atoms with Crippen LogP contribution in [0.2, 0.25) is 0 Å². The quantitative estimate of drug-likeness (QED) is 0.825. The second kappa shape index (κ2) is 6.47. The summed E-state index contributed by atoms with van der Waals surface area (Å²) in [5.74, 6) is -2.51. The van der Waals surface area contributed by atoms with Gasteiger partial charge in [-0.15, -0.1) is 0 Å². The Balaban J connectivity index is 3.19. The van der Waals surface area contributed by atoms with Crippen molar-refractivity contribution in [3.8, 4) is 0 Å². The average molecular weight is 343 g/mol. The number of aliphatic carboxylic acids is 1. The smallest absolute Gasteiger partial charge is 0.416 e. The molecule has 0 saturated heterocycles. The van der Waals surface area contributed by atoms with E-state index in [1.165, 1.54) is 6.92 Å². The summed E-state index contributed by atoms with van der Waals surface area (Å²) in [5, 5.41) is 10.6. The van der Waals surface area contributed by atoms with Crippen molar-refractivity contribution in [2.75, 3.05) is 0 Å². The molecule has 0 aliphatic carbocycles. The maximum absolute atomic E-state index is 12.7. The number of carboxylic acids is 1. The summed E-state index contributed by atoms with van der Waals surface area (Å²) in [6.45, 7) is 1.25. The molecule has 1 unspecified atom stereocenters. The van der Waals surface area contributed by atoms with E-state index in [2.05, 4.69) is 0 Å². The molecule has 0 aromatic heterocycles. The van der Waals surface area contributed by atoms with Crippen LogP contribution in [-0.4, -0.2) is 23.0 Å². The fraction of sp³-hybridized carbons (Fsp3) is 0.385. The van der Waals surface area contributed by atoms with Crippen LogP contribution in [0.4, 0.5) is 26.3 Å². The monoisotopic (exact) mass is 343 g/mol. The van der Waals surface area contributed by atoms with Crippen molar-refractivity contribution in [1.82, 2.24) is 5.32 Å². The summed E-state index contributed by atoms with van der Waals surface area (Å²) < 4.78 is 75.9. The van der Waals surface area contributed by atoms with Gasteiger partial charge in [0.05, 0.1) is 17.5 Å². The minimum Gasteiger partial charge on any atom is -0.481 e. The van der Waals surface area contributed by atoms with Crippen LogP contribution in [0.5, 0.6) is 0 Å². The molecule has 23 heavy (non-hydrogen) atoms. The van der Waals surface area contributed by atoms with Crippen LogP contribution >= 0.6 is 0 Å². The second-order valence-corrected chi connectivity index (χ2v) is 4.77. The Bertz CT molecular complexity index is 576. The molecule has 0 spiro atoms. The first kappa shape index (κ1) is 18.8. The lowest BCUT2D eigenvalue weighted by atomic mass is 10.0. The van der Waals surface area contributed by atoms with Crippen molar-refractivity contribution in [3.63, 3.8) is 0 Å². The lowest BCUT2D eigenvalue weighted by molar-refractivity contribution is -0.143. The molecule has 0 saturated carbocycles. The van der Waals surface area contributed by atoms with Gasteiger partial charge < -0.3 is 10.4 Å². The van der Waals surface area contributed by atoms with Gasteiger partial charge in [0.25, 0.3) is 5.91 Å². The van der Waals surface area contributed by atoms with E-state index in [4.69, 9.17) is 5.11 Å². The number of hydrogen-bond donors (Lipinski definition) is 2. The van der Waals surface area contributed by atoms with Crippen molar-refractivity contribution in [3.05, 3.63) is 34.9 Å². The van der Waals surface area contributed by atoms with Gasteiger partial charge in [0.15, 0.2) is 0 Å². The molecule has 1 aromatic carbocycles. The van der Waals surface area contributed by atoms with Gasteiger partial charge in [0.2, 0.25) is 0 Å². The molecule has 1 atom stereocenters. The van der Waals surface area contributed by atoms with Gasteiger partial charge in [-0.3, -0.25) is 9.59 Å². The van der Waals surface area contributed by atoms with Gasteiger partial charge in [-0.25, -0.2) is 0 Å². The highest BCUT2D eigenvalue weighted by molar-refractivity contribution is 5.95. The molecule has 1 rings (SSSR count). The molecular weight excluding hydrogens is 332 g/mol. The Morgan fingerprint density at radius 2 is 1.48 bits per heavy atom. The summed E-state index contributed by atoms with van der Waals surface area (Å²) in [7, 11) is 0. The molecule has 10 heteroatoms. The highest BCUT2D eigenvalue weighted by atomic mass is 19.4. The predicted octanol–water partition coefficient (Wildman–Crippen LogP) is 3.32. The Morgan fingerprint density at radius 3 is 1.83 bits per heavy atom. The molecule has 0 aliphatic rings. The summed E-state index contributed by atoms with van der Waals surface area (Å²) in [4.78, 5) is 22.2. The van der Waals surface area contributed by atoms with Crippen LogP contribution in [-0.2, 0) is 17.1 Å². The molecule has 0 fully saturated rings. The van der Waals surface area contributed by atoms with E-state index >= 15 is 0 Å². The molecule has 0 heterocycles.